The first kappa shape index (κ1) is 13.8. The van der Waals surface area contributed by atoms with E-state index in [9.17, 15) is 9.90 Å². The minimum atomic E-state index is -0.375. The number of rotatable bonds is 2. The average molecular weight is 321 g/mol. The molecule has 0 radical (unpaired) electrons. The number of aromatic amines is 1. The number of hydrogen-bond donors (Lipinski definition) is 3. The quantitative estimate of drug-likeness (QED) is 0.611. The number of carbonyl (C=O) groups is 1. The highest BCUT2D eigenvalue weighted by atomic mass is 35.5. The molecule has 21 heavy (non-hydrogen) atoms. The van der Waals surface area contributed by atoms with Gasteiger partial charge in [-0.15, -0.1) is 0 Å². The first-order chi connectivity index (χ1) is 10.0. The zero-order valence-corrected chi connectivity index (χ0v) is 12.2. The van der Waals surface area contributed by atoms with Gasteiger partial charge in [-0.05, 0) is 42.5 Å². The Morgan fingerprint density at radius 1 is 1.05 bits per heavy atom. The zero-order chi connectivity index (χ0) is 15.0. The molecular weight excluding hydrogens is 311 g/mol. The van der Waals surface area contributed by atoms with Crippen molar-refractivity contribution in [2.75, 3.05) is 5.32 Å². The molecular formula is C15H10Cl2N2O2. The summed E-state index contributed by atoms with van der Waals surface area (Å²) in [4.78, 5) is 15.2. The second-order valence-corrected chi connectivity index (χ2v) is 5.40. The summed E-state index contributed by atoms with van der Waals surface area (Å²) in [6.07, 6.45) is 0. The summed E-state index contributed by atoms with van der Waals surface area (Å²) in [5.41, 5.74) is 1.43. The number of fused-ring (bicyclic) bond motifs is 1. The Balaban J connectivity index is 1.91. The molecule has 3 N–H and O–H groups in total. The Bertz CT molecular complexity index is 843. The SMILES string of the molecule is O=C(Nc1cc(Cl)ccc1O)c1cc2cc(Cl)ccc2[nH]1. The van der Waals surface area contributed by atoms with Gasteiger partial charge < -0.3 is 15.4 Å². The summed E-state index contributed by atoms with van der Waals surface area (Å²) >= 11 is 11.8. The van der Waals surface area contributed by atoms with Gasteiger partial charge in [-0.2, -0.15) is 0 Å². The molecule has 0 fully saturated rings. The molecule has 0 bridgehead atoms. The molecule has 4 nitrogen and oxygen atoms in total. The highest BCUT2D eigenvalue weighted by Gasteiger charge is 2.12. The van der Waals surface area contributed by atoms with Crippen LogP contribution in [-0.4, -0.2) is 16.0 Å². The number of anilines is 1. The molecule has 2 aromatic carbocycles. The van der Waals surface area contributed by atoms with E-state index in [1.807, 2.05) is 0 Å². The van der Waals surface area contributed by atoms with Crippen LogP contribution in [0.25, 0.3) is 10.9 Å². The molecule has 0 unspecified atom stereocenters. The maximum absolute atomic E-state index is 12.2. The van der Waals surface area contributed by atoms with E-state index >= 15 is 0 Å². The van der Waals surface area contributed by atoms with E-state index in [4.69, 9.17) is 23.2 Å². The van der Waals surface area contributed by atoms with E-state index in [1.165, 1.54) is 18.2 Å². The van der Waals surface area contributed by atoms with Crippen molar-refractivity contribution in [1.82, 2.24) is 4.98 Å². The Kier molecular flexibility index (Phi) is 3.49. The number of halogens is 2. The van der Waals surface area contributed by atoms with Crippen LogP contribution in [0.4, 0.5) is 5.69 Å². The van der Waals surface area contributed by atoms with Crippen molar-refractivity contribution < 1.29 is 9.90 Å². The normalized spacial score (nSPS) is 10.8. The third-order valence-electron chi connectivity index (χ3n) is 3.03. The number of phenols is 1. The molecule has 3 aromatic rings. The van der Waals surface area contributed by atoms with Crippen LogP contribution in [-0.2, 0) is 0 Å². The van der Waals surface area contributed by atoms with E-state index < -0.39 is 0 Å². The first-order valence-electron chi connectivity index (χ1n) is 6.11. The Labute approximate surface area is 130 Å². The van der Waals surface area contributed by atoms with E-state index in [0.29, 0.717) is 15.7 Å². The van der Waals surface area contributed by atoms with Crippen molar-refractivity contribution in [2.45, 2.75) is 0 Å². The number of hydrogen-bond acceptors (Lipinski definition) is 2. The number of phenolic OH excluding ortho intramolecular Hbond substituents is 1. The summed E-state index contributed by atoms with van der Waals surface area (Å²) in [5, 5.41) is 14.2. The first-order valence-corrected chi connectivity index (χ1v) is 6.87. The van der Waals surface area contributed by atoms with Gasteiger partial charge in [0.25, 0.3) is 5.91 Å². The number of H-pyrrole nitrogens is 1. The fraction of sp³-hybridized carbons (Fsp3) is 0. The van der Waals surface area contributed by atoms with E-state index in [1.54, 1.807) is 24.3 Å². The maximum atomic E-state index is 12.2. The molecule has 3 rings (SSSR count). The molecule has 0 aliphatic carbocycles. The van der Waals surface area contributed by atoms with Gasteiger partial charge in [-0.25, -0.2) is 0 Å². The van der Waals surface area contributed by atoms with Gasteiger partial charge >= 0.3 is 0 Å². The second kappa shape index (κ2) is 5.31. The second-order valence-electron chi connectivity index (χ2n) is 4.53. The molecule has 6 heteroatoms. The number of nitrogens with one attached hydrogen (secondary N) is 2. The highest BCUT2D eigenvalue weighted by Crippen LogP contribution is 2.27. The Morgan fingerprint density at radius 3 is 2.57 bits per heavy atom. The molecule has 0 aliphatic heterocycles. The van der Waals surface area contributed by atoms with Gasteiger partial charge in [0.1, 0.15) is 11.4 Å². The summed E-state index contributed by atoms with van der Waals surface area (Å²) in [5.74, 6) is -0.424. The summed E-state index contributed by atoms with van der Waals surface area (Å²) in [7, 11) is 0. The monoisotopic (exact) mass is 320 g/mol. The largest absolute Gasteiger partial charge is 0.506 e. The van der Waals surface area contributed by atoms with Crippen molar-refractivity contribution in [3.63, 3.8) is 0 Å². The van der Waals surface area contributed by atoms with Gasteiger partial charge in [0.15, 0.2) is 0 Å². The third kappa shape index (κ3) is 2.82. The van der Waals surface area contributed by atoms with Crippen LogP contribution in [0, 0.1) is 0 Å². The maximum Gasteiger partial charge on any atom is 0.272 e. The Morgan fingerprint density at radius 2 is 1.76 bits per heavy atom. The van der Waals surface area contributed by atoms with Crippen LogP contribution >= 0.6 is 23.2 Å². The molecule has 0 spiro atoms. The Hall–Kier alpha value is -2.17. The number of amides is 1. The summed E-state index contributed by atoms with van der Waals surface area (Å²) in [6.45, 7) is 0. The van der Waals surface area contributed by atoms with Gasteiger partial charge in [-0.1, -0.05) is 23.2 Å². The lowest BCUT2D eigenvalue weighted by Gasteiger charge is -2.06. The van der Waals surface area contributed by atoms with Gasteiger partial charge in [0, 0.05) is 20.9 Å². The highest BCUT2D eigenvalue weighted by molar-refractivity contribution is 6.31. The lowest BCUT2D eigenvalue weighted by atomic mass is 10.2. The van der Waals surface area contributed by atoms with Gasteiger partial charge in [-0.3, -0.25) is 4.79 Å². The van der Waals surface area contributed by atoms with Crippen LogP contribution in [0.1, 0.15) is 10.5 Å². The fourth-order valence-electron chi connectivity index (χ4n) is 2.02. The van der Waals surface area contributed by atoms with Crippen LogP contribution in [0.2, 0.25) is 10.0 Å². The molecule has 0 saturated heterocycles. The standard InChI is InChI=1S/C15H10Cl2N2O2/c16-9-1-3-11-8(5-9)6-13(18-11)15(21)19-12-7-10(17)2-4-14(12)20/h1-7,18,20H,(H,19,21). The van der Waals surface area contributed by atoms with Crippen molar-refractivity contribution >= 4 is 45.7 Å². The molecule has 1 aromatic heterocycles. The minimum absolute atomic E-state index is 0.0492. The van der Waals surface area contributed by atoms with Crippen LogP contribution in [0.15, 0.2) is 42.5 Å². The number of benzene rings is 2. The predicted molar refractivity (Wildman–Crippen MR) is 84.4 cm³/mol. The van der Waals surface area contributed by atoms with Crippen molar-refractivity contribution in [1.29, 1.82) is 0 Å². The van der Waals surface area contributed by atoms with E-state index in [-0.39, 0.29) is 17.3 Å². The molecule has 0 aliphatic rings. The number of aromatic hydroxyl groups is 1. The topological polar surface area (TPSA) is 65.1 Å². The van der Waals surface area contributed by atoms with Crippen LogP contribution in [0.3, 0.4) is 0 Å². The zero-order valence-electron chi connectivity index (χ0n) is 10.7. The van der Waals surface area contributed by atoms with Crippen molar-refractivity contribution in [2.24, 2.45) is 0 Å². The number of carbonyl (C=O) groups excluding carboxylic acids is 1. The third-order valence-corrected chi connectivity index (χ3v) is 3.50. The lowest BCUT2D eigenvalue weighted by molar-refractivity contribution is 0.102. The summed E-state index contributed by atoms with van der Waals surface area (Å²) in [6, 6.07) is 11.4. The predicted octanol–water partition coefficient (Wildman–Crippen LogP) is 4.43. The van der Waals surface area contributed by atoms with Gasteiger partial charge in [0.2, 0.25) is 0 Å². The van der Waals surface area contributed by atoms with Gasteiger partial charge in [0.05, 0.1) is 5.69 Å². The number of aromatic nitrogens is 1. The minimum Gasteiger partial charge on any atom is -0.506 e. The molecule has 106 valence electrons. The van der Waals surface area contributed by atoms with Crippen molar-refractivity contribution in [3.8, 4) is 5.75 Å². The molecule has 0 atom stereocenters. The molecule has 0 saturated carbocycles. The van der Waals surface area contributed by atoms with E-state index in [2.05, 4.69) is 10.3 Å². The summed E-state index contributed by atoms with van der Waals surface area (Å²) < 4.78 is 0. The lowest BCUT2D eigenvalue weighted by Crippen LogP contribution is -2.12. The van der Waals surface area contributed by atoms with Crippen LogP contribution < -0.4 is 5.32 Å². The van der Waals surface area contributed by atoms with Crippen LogP contribution in [0.5, 0.6) is 5.75 Å². The molecule has 1 heterocycles. The van der Waals surface area contributed by atoms with Crippen molar-refractivity contribution in [3.05, 3.63) is 58.2 Å². The smallest absolute Gasteiger partial charge is 0.272 e. The average Bonchev–Trinajstić information content (AvgIpc) is 2.86. The fourth-order valence-corrected chi connectivity index (χ4v) is 2.38. The van der Waals surface area contributed by atoms with E-state index in [0.717, 1.165) is 10.9 Å². The molecule has 1 amide bonds.